The molecule has 0 saturated carbocycles. The maximum atomic E-state index is 12.9. The summed E-state index contributed by atoms with van der Waals surface area (Å²) in [5.41, 5.74) is 5.92. The van der Waals surface area contributed by atoms with Crippen molar-refractivity contribution in [3.8, 4) is 0 Å². The largest absolute Gasteiger partial charge is 0.396 e. The molecular weight excluding hydrogens is 255 g/mol. The Hall–Kier alpha value is -1.27. The van der Waals surface area contributed by atoms with Crippen LogP contribution in [0.1, 0.15) is 12.8 Å². The predicted octanol–water partition coefficient (Wildman–Crippen LogP) is 1.85. The molecule has 1 rings (SSSR count). The minimum Gasteiger partial charge on any atom is -0.396 e. The molecule has 1 aromatic carbocycles. The average Bonchev–Trinajstić information content (AvgIpc) is 2.34. The number of hydrogen-bond acceptors (Lipinski definition) is 4. The van der Waals surface area contributed by atoms with Crippen molar-refractivity contribution in [2.24, 2.45) is 0 Å². The van der Waals surface area contributed by atoms with E-state index in [4.69, 9.17) is 10.8 Å². The molecule has 1 aromatic rings. The van der Waals surface area contributed by atoms with Crippen LogP contribution in [0.15, 0.2) is 18.2 Å². The molecule has 6 heteroatoms. The zero-order chi connectivity index (χ0) is 13.4. The van der Waals surface area contributed by atoms with Gasteiger partial charge in [0.15, 0.2) is 0 Å². The van der Waals surface area contributed by atoms with Gasteiger partial charge in [-0.3, -0.25) is 4.79 Å². The van der Waals surface area contributed by atoms with E-state index in [1.807, 2.05) is 0 Å². The number of aliphatic hydroxyl groups is 1. The number of anilines is 2. The van der Waals surface area contributed by atoms with Crippen molar-refractivity contribution in [2.45, 2.75) is 12.8 Å². The molecule has 0 aliphatic rings. The zero-order valence-corrected chi connectivity index (χ0v) is 10.8. The molecule has 0 saturated heterocycles. The zero-order valence-electron chi connectivity index (χ0n) is 9.99. The van der Waals surface area contributed by atoms with E-state index in [0.29, 0.717) is 17.9 Å². The fraction of sp³-hybridized carbons (Fsp3) is 0.417. The first-order valence-corrected chi connectivity index (χ1v) is 6.82. The minimum atomic E-state index is -0.493. The van der Waals surface area contributed by atoms with Crippen LogP contribution in [0.3, 0.4) is 0 Å². The topological polar surface area (TPSA) is 75.3 Å². The predicted molar refractivity (Wildman–Crippen MR) is 73.1 cm³/mol. The van der Waals surface area contributed by atoms with Crippen molar-refractivity contribution in [3.63, 3.8) is 0 Å². The van der Waals surface area contributed by atoms with Crippen molar-refractivity contribution in [1.29, 1.82) is 0 Å². The summed E-state index contributed by atoms with van der Waals surface area (Å²) in [5.74, 6) is 0.917. The highest BCUT2D eigenvalue weighted by atomic mass is 32.2. The first-order chi connectivity index (χ1) is 8.63. The third kappa shape index (κ3) is 5.37. The van der Waals surface area contributed by atoms with Gasteiger partial charge in [0.25, 0.3) is 0 Å². The van der Waals surface area contributed by atoms with Crippen molar-refractivity contribution in [3.05, 3.63) is 24.0 Å². The highest BCUT2D eigenvalue weighted by molar-refractivity contribution is 7.99. The summed E-state index contributed by atoms with van der Waals surface area (Å²) in [4.78, 5) is 11.5. The van der Waals surface area contributed by atoms with Gasteiger partial charge in [0, 0.05) is 24.5 Å². The minimum absolute atomic E-state index is 0.0186. The molecule has 4 N–H and O–H groups in total. The fourth-order valence-corrected chi connectivity index (χ4v) is 2.15. The van der Waals surface area contributed by atoms with Crippen LogP contribution in [-0.2, 0) is 4.79 Å². The molecule has 0 bridgehead atoms. The van der Waals surface area contributed by atoms with Crippen LogP contribution < -0.4 is 11.1 Å². The van der Waals surface area contributed by atoms with Crippen LogP contribution in [-0.4, -0.2) is 29.1 Å². The Morgan fingerprint density at radius 1 is 1.44 bits per heavy atom. The van der Waals surface area contributed by atoms with Gasteiger partial charge in [-0.05, 0) is 30.4 Å². The summed E-state index contributed by atoms with van der Waals surface area (Å²) in [6, 6.07) is 4.09. The highest BCUT2D eigenvalue weighted by Gasteiger charge is 2.04. The molecule has 0 radical (unpaired) electrons. The number of amides is 1. The monoisotopic (exact) mass is 272 g/mol. The van der Waals surface area contributed by atoms with Crippen molar-refractivity contribution in [1.82, 2.24) is 0 Å². The summed E-state index contributed by atoms with van der Waals surface area (Å²) in [6.07, 6.45) is 1.12. The van der Waals surface area contributed by atoms with Gasteiger partial charge in [0.2, 0.25) is 5.91 Å². The van der Waals surface area contributed by atoms with E-state index in [-0.39, 0.29) is 18.2 Å². The lowest BCUT2D eigenvalue weighted by atomic mass is 10.2. The third-order valence-electron chi connectivity index (χ3n) is 2.20. The van der Waals surface area contributed by atoms with Gasteiger partial charge < -0.3 is 16.2 Å². The second-order valence-electron chi connectivity index (χ2n) is 3.72. The summed E-state index contributed by atoms with van der Waals surface area (Å²) in [6.45, 7) is 0.175. The number of carbonyl (C=O) groups excluding carboxylic acids is 1. The number of benzene rings is 1. The van der Waals surface area contributed by atoms with Crippen LogP contribution in [0.5, 0.6) is 0 Å². The normalized spacial score (nSPS) is 10.3. The Morgan fingerprint density at radius 3 is 2.89 bits per heavy atom. The molecule has 0 aliphatic carbocycles. The Kier molecular flexibility index (Phi) is 6.53. The first-order valence-electron chi connectivity index (χ1n) is 5.67. The molecule has 0 unspecified atom stereocenters. The lowest BCUT2D eigenvalue weighted by Gasteiger charge is -2.06. The molecule has 0 spiro atoms. The van der Waals surface area contributed by atoms with E-state index in [2.05, 4.69) is 5.32 Å². The van der Waals surface area contributed by atoms with Crippen LogP contribution in [0.2, 0.25) is 0 Å². The molecule has 0 aromatic heterocycles. The molecule has 18 heavy (non-hydrogen) atoms. The highest BCUT2D eigenvalue weighted by Crippen LogP contribution is 2.16. The van der Waals surface area contributed by atoms with Crippen LogP contribution in [0, 0.1) is 5.82 Å². The number of thioether (sulfide) groups is 1. The molecule has 100 valence electrons. The second kappa shape index (κ2) is 7.94. The molecule has 0 atom stereocenters. The van der Waals surface area contributed by atoms with Gasteiger partial charge in [-0.25, -0.2) is 4.39 Å². The first kappa shape index (κ1) is 14.8. The molecular formula is C12H17FN2O2S. The molecule has 0 fully saturated rings. The second-order valence-corrected chi connectivity index (χ2v) is 4.95. The Balaban J connectivity index is 2.29. The number of aliphatic hydroxyl groups excluding tert-OH is 1. The van der Waals surface area contributed by atoms with Gasteiger partial charge in [0.05, 0.1) is 5.69 Å². The number of nitrogens with one attached hydrogen (secondary N) is 1. The van der Waals surface area contributed by atoms with Gasteiger partial charge in [-0.1, -0.05) is 0 Å². The van der Waals surface area contributed by atoms with Crippen LogP contribution in [0.25, 0.3) is 0 Å². The SMILES string of the molecule is Nc1cc(NC(=O)CCSCCCO)ccc1F. The Morgan fingerprint density at radius 2 is 2.22 bits per heavy atom. The fourth-order valence-electron chi connectivity index (χ4n) is 1.28. The summed E-state index contributed by atoms with van der Waals surface area (Å²) in [5, 5.41) is 11.2. The number of halogens is 1. The van der Waals surface area contributed by atoms with Gasteiger partial charge in [-0.2, -0.15) is 11.8 Å². The third-order valence-corrected chi connectivity index (χ3v) is 3.27. The Labute approximate surface area is 110 Å². The molecule has 1 amide bonds. The Bertz CT molecular complexity index is 402. The molecule has 4 nitrogen and oxygen atoms in total. The standard InChI is InChI=1S/C12H17FN2O2S/c13-10-3-2-9(8-11(10)14)15-12(17)4-7-18-6-1-5-16/h2-3,8,16H,1,4-7,14H2,(H,15,17). The van der Waals surface area contributed by atoms with E-state index < -0.39 is 5.82 Å². The van der Waals surface area contributed by atoms with E-state index in [1.54, 1.807) is 11.8 Å². The summed E-state index contributed by atoms with van der Waals surface area (Å²) in [7, 11) is 0. The molecule has 0 heterocycles. The number of nitrogen functional groups attached to an aromatic ring is 1. The number of rotatable bonds is 7. The lowest BCUT2D eigenvalue weighted by molar-refractivity contribution is -0.115. The van der Waals surface area contributed by atoms with Crippen LogP contribution >= 0.6 is 11.8 Å². The van der Waals surface area contributed by atoms with E-state index in [9.17, 15) is 9.18 Å². The van der Waals surface area contributed by atoms with E-state index >= 15 is 0 Å². The van der Waals surface area contributed by atoms with Gasteiger partial charge >= 0.3 is 0 Å². The average molecular weight is 272 g/mol. The van der Waals surface area contributed by atoms with Crippen molar-refractivity contribution in [2.75, 3.05) is 29.2 Å². The van der Waals surface area contributed by atoms with Crippen molar-refractivity contribution < 1.29 is 14.3 Å². The van der Waals surface area contributed by atoms with Crippen molar-refractivity contribution >= 4 is 29.0 Å². The van der Waals surface area contributed by atoms with E-state index in [0.717, 1.165) is 12.2 Å². The maximum absolute atomic E-state index is 12.9. The quantitative estimate of drug-likeness (QED) is 0.523. The summed E-state index contributed by atoms with van der Waals surface area (Å²) < 4.78 is 12.9. The van der Waals surface area contributed by atoms with Crippen LogP contribution in [0.4, 0.5) is 15.8 Å². The smallest absolute Gasteiger partial charge is 0.225 e. The number of hydrogen-bond donors (Lipinski definition) is 3. The molecule has 0 aliphatic heterocycles. The maximum Gasteiger partial charge on any atom is 0.225 e. The van der Waals surface area contributed by atoms with E-state index in [1.165, 1.54) is 18.2 Å². The summed E-state index contributed by atoms with van der Waals surface area (Å²) >= 11 is 1.62. The number of carbonyl (C=O) groups is 1. The number of nitrogens with two attached hydrogens (primary N) is 1. The van der Waals surface area contributed by atoms with Gasteiger partial charge in [-0.15, -0.1) is 0 Å². The lowest BCUT2D eigenvalue weighted by Crippen LogP contribution is -2.12. The van der Waals surface area contributed by atoms with Gasteiger partial charge in [0.1, 0.15) is 5.82 Å².